The van der Waals surface area contributed by atoms with Crippen LogP contribution in [0, 0.1) is 28.6 Å². The molecule has 0 bridgehead atoms. The summed E-state index contributed by atoms with van der Waals surface area (Å²) in [5.41, 5.74) is 0.977. The number of hydrogen-bond donors (Lipinski definition) is 1. The topological polar surface area (TPSA) is 63.6 Å². The lowest BCUT2D eigenvalue weighted by atomic mass is 9.54. The van der Waals surface area contributed by atoms with Gasteiger partial charge in [-0.05, 0) is 61.0 Å². The maximum absolute atomic E-state index is 13.1. The summed E-state index contributed by atoms with van der Waals surface area (Å²) < 4.78 is 5.25. The number of esters is 1. The van der Waals surface area contributed by atoms with Gasteiger partial charge in [0.25, 0.3) is 0 Å². The molecule has 0 radical (unpaired) electrons. The Morgan fingerprint density at radius 1 is 1.35 bits per heavy atom. The molecule has 0 aromatic heterocycles. The van der Waals surface area contributed by atoms with Crippen molar-refractivity contribution in [3.8, 4) is 0 Å². The van der Waals surface area contributed by atoms with Gasteiger partial charge in [0.1, 0.15) is 5.92 Å². The fourth-order valence-corrected chi connectivity index (χ4v) is 5.39. The van der Waals surface area contributed by atoms with Crippen LogP contribution in [0.4, 0.5) is 0 Å². The molecule has 0 aromatic rings. The summed E-state index contributed by atoms with van der Waals surface area (Å²) in [6.45, 7) is 10.4. The molecule has 1 unspecified atom stereocenters. The van der Waals surface area contributed by atoms with Gasteiger partial charge in [-0.15, -0.1) is 0 Å². The van der Waals surface area contributed by atoms with Crippen molar-refractivity contribution in [2.45, 2.75) is 66.4 Å². The minimum Gasteiger partial charge on any atom is -0.465 e. The first-order valence-corrected chi connectivity index (χ1v) is 9.97. The number of carbonyl (C=O) groups is 2. The number of aliphatic hydroxyl groups is 1. The number of carbonyl (C=O) groups excluding carboxylic acids is 2. The predicted octanol–water partition coefficient (Wildman–Crippen LogP) is 3.83. The van der Waals surface area contributed by atoms with Crippen LogP contribution in [0.5, 0.6) is 0 Å². The van der Waals surface area contributed by atoms with E-state index in [0.717, 1.165) is 24.8 Å². The second-order valence-corrected chi connectivity index (χ2v) is 9.14. The van der Waals surface area contributed by atoms with Crippen LogP contribution in [0.3, 0.4) is 0 Å². The largest absolute Gasteiger partial charge is 0.465 e. The van der Waals surface area contributed by atoms with Gasteiger partial charge < -0.3 is 9.84 Å². The Bertz CT molecular complexity index is 670. The van der Waals surface area contributed by atoms with E-state index >= 15 is 0 Å². The van der Waals surface area contributed by atoms with Gasteiger partial charge in [0.2, 0.25) is 0 Å². The standard InChI is InChI=1S/C22H32O4/c1-6-26-20(25)17-18(23)15(13(2)3)12-22(17)11-9-16-14(19(22)24)8-7-10-21(16,4)5/h8,12-13,16-17,19,24H,6-7,9-11H2,1-5H3/t16-,17?,19-,22+/m1/s1. The number of Topliss-reactive ketones (excluding diaryl/α,β-unsaturated/α-hetero) is 1. The summed E-state index contributed by atoms with van der Waals surface area (Å²) >= 11 is 0. The van der Waals surface area contributed by atoms with E-state index in [-0.39, 0.29) is 23.7 Å². The zero-order chi connectivity index (χ0) is 19.3. The Kier molecular flexibility index (Phi) is 4.93. The van der Waals surface area contributed by atoms with Crippen molar-refractivity contribution in [3.05, 3.63) is 23.3 Å². The van der Waals surface area contributed by atoms with E-state index in [0.29, 0.717) is 17.9 Å². The molecule has 3 aliphatic carbocycles. The van der Waals surface area contributed by atoms with Crippen LogP contribution in [0.15, 0.2) is 23.3 Å². The maximum Gasteiger partial charge on any atom is 0.317 e. The van der Waals surface area contributed by atoms with Gasteiger partial charge in [0, 0.05) is 5.41 Å². The van der Waals surface area contributed by atoms with Crippen molar-refractivity contribution < 1.29 is 19.4 Å². The molecule has 4 heteroatoms. The predicted molar refractivity (Wildman–Crippen MR) is 100 cm³/mol. The number of rotatable bonds is 3. The highest BCUT2D eigenvalue weighted by Gasteiger charge is 2.60. The minimum atomic E-state index is -0.915. The van der Waals surface area contributed by atoms with Crippen LogP contribution in [0.25, 0.3) is 0 Å². The van der Waals surface area contributed by atoms with Crippen molar-refractivity contribution in [2.75, 3.05) is 6.61 Å². The van der Waals surface area contributed by atoms with E-state index in [9.17, 15) is 14.7 Å². The Morgan fingerprint density at radius 3 is 2.65 bits per heavy atom. The molecule has 4 atom stereocenters. The molecule has 0 amide bonds. The first kappa shape index (κ1) is 19.3. The smallest absolute Gasteiger partial charge is 0.317 e. The molecule has 1 fully saturated rings. The van der Waals surface area contributed by atoms with Gasteiger partial charge in [-0.2, -0.15) is 0 Å². The molecular formula is C22H32O4. The Hall–Kier alpha value is -1.42. The van der Waals surface area contributed by atoms with E-state index in [4.69, 9.17) is 4.74 Å². The van der Waals surface area contributed by atoms with Gasteiger partial charge in [-0.25, -0.2) is 0 Å². The molecule has 144 valence electrons. The van der Waals surface area contributed by atoms with E-state index < -0.39 is 23.4 Å². The number of hydrogen-bond acceptors (Lipinski definition) is 4. The minimum absolute atomic E-state index is 0.0282. The van der Waals surface area contributed by atoms with Crippen LogP contribution in [0.2, 0.25) is 0 Å². The fourth-order valence-electron chi connectivity index (χ4n) is 5.39. The van der Waals surface area contributed by atoms with Gasteiger partial charge in [0.15, 0.2) is 5.78 Å². The molecule has 3 rings (SSSR count). The van der Waals surface area contributed by atoms with Crippen molar-refractivity contribution >= 4 is 11.8 Å². The number of fused-ring (bicyclic) bond motifs is 1. The Morgan fingerprint density at radius 2 is 2.04 bits per heavy atom. The van der Waals surface area contributed by atoms with E-state index in [2.05, 4.69) is 19.9 Å². The summed E-state index contributed by atoms with van der Waals surface area (Å²) in [7, 11) is 0. The van der Waals surface area contributed by atoms with Gasteiger partial charge in [0.05, 0.1) is 12.7 Å². The second kappa shape index (κ2) is 6.63. The molecule has 3 aliphatic rings. The van der Waals surface area contributed by atoms with Crippen LogP contribution in [-0.4, -0.2) is 29.6 Å². The summed E-state index contributed by atoms with van der Waals surface area (Å²) in [5.74, 6) is -1.22. The van der Waals surface area contributed by atoms with E-state index in [1.54, 1.807) is 6.92 Å². The molecule has 26 heavy (non-hydrogen) atoms. The highest BCUT2D eigenvalue weighted by Crippen LogP contribution is 2.58. The lowest BCUT2D eigenvalue weighted by molar-refractivity contribution is -0.158. The highest BCUT2D eigenvalue weighted by atomic mass is 16.5. The van der Waals surface area contributed by atoms with Crippen molar-refractivity contribution in [2.24, 2.45) is 28.6 Å². The maximum atomic E-state index is 13.1. The zero-order valence-corrected chi connectivity index (χ0v) is 16.7. The lowest BCUT2D eigenvalue weighted by Crippen LogP contribution is -2.52. The SMILES string of the molecule is CCOC(=O)C1C(=O)C(C(C)C)=C[C@@]12CC[C@@H]1C(=CCCC1(C)C)[C@H]2O. The molecular weight excluding hydrogens is 328 g/mol. The summed E-state index contributed by atoms with van der Waals surface area (Å²) in [6.07, 6.45) is 6.85. The van der Waals surface area contributed by atoms with Crippen molar-refractivity contribution in [1.82, 2.24) is 0 Å². The van der Waals surface area contributed by atoms with Crippen LogP contribution in [0.1, 0.15) is 60.3 Å². The number of aliphatic hydroxyl groups excluding tert-OH is 1. The third kappa shape index (κ3) is 2.77. The van der Waals surface area contributed by atoms with Crippen LogP contribution >= 0.6 is 0 Å². The average Bonchev–Trinajstić information content (AvgIpc) is 2.85. The molecule has 0 aliphatic heterocycles. The zero-order valence-electron chi connectivity index (χ0n) is 16.7. The average molecular weight is 360 g/mol. The van der Waals surface area contributed by atoms with Gasteiger partial charge in [-0.1, -0.05) is 39.8 Å². The molecule has 1 saturated carbocycles. The molecule has 1 spiro atoms. The first-order valence-electron chi connectivity index (χ1n) is 9.97. The molecule has 1 N–H and O–H groups in total. The molecule has 0 aromatic carbocycles. The summed E-state index contributed by atoms with van der Waals surface area (Å²) in [6, 6.07) is 0. The van der Waals surface area contributed by atoms with Gasteiger partial charge in [-0.3, -0.25) is 9.59 Å². The Labute approximate surface area is 156 Å². The van der Waals surface area contributed by atoms with E-state index in [1.165, 1.54) is 0 Å². The van der Waals surface area contributed by atoms with Crippen LogP contribution in [-0.2, 0) is 14.3 Å². The summed E-state index contributed by atoms with van der Waals surface area (Å²) in [4.78, 5) is 25.8. The molecule has 4 nitrogen and oxygen atoms in total. The molecule has 0 saturated heterocycles. The third-order valence-electron chi connectivity index (χ3n) is 6.86. The van der Waals surface area contributed by atoms with E-state index in [1.807, 2.05) is 19.9 Å². The normalized spacial score (nSPS) is 36.0. The Balaban J connectivity index is 2.06. The third-order valence-corrected chi connectivity index (χ3v) is 6.86. The number of allylic oxidation sites excluding steroid dienone is 2. The van der Waals surface area contributed by atoms with Crippen molar-refractivity contribution in [1.29, 1.82) is 0 Å². The monoisotopic (exact) mass is 360 g/mol. The first-order chi connectivity index (χ1) is 12.2. The quantitative estimate of drug-likeness (QED) is 0.472. The van der Waals surface area contributed by atoms with Gasteiger partial charge >= 0.3 is 5.97 Å². The second-order valence-electron chi connectivity index (χ2n) is 9.14. The van der Waals surface area contributed by atoms with Crippen molar-refractivity contribution in [3.63, 3.8) is 0 Å². The number of ketones is 1. The highest BCUT2D eigenvalue weighted by molar-refractivity contribution is 6.12. The summed E-state index contributed by atoms with van der Waals surface area (Å²) in [5, 5.41) is 11.4. The molecule has 0 heterocycles. The lowest BCUT2D eigenvalue weighted by Gasteiger charge is -2.51. The van der Waals surface area contributed by atoms with Crippen LogP contribution < -0.4 is 0 Å². The fraction of sp³-hybridized carbons (Fsp3) is 0.727. The number of ether oxygens (including phenoxy) is 1.